The van der Waals surface area contributed by atoms with Crippen molar-refractivity contribution in [1.82, 2.24) is 5.32 Å². The van der Waals surface area contributed by atoms with Gasteiger partial charge in [0.2, 0.25) is 0 Å². The summed E-state index contributed by atoms with van der Waals surface area (Å²) in [7, 11) is 1.64. The van der Waals surface area contributed by atoms with Crippen molar-refractivity contribution in [3.63, 3.8) is 0 Å². The summed E-state index contributed by atoms with van der Waals surface area (Å²) in [5, 5.41) is 3.00. The van der Waals surface area contributed by atoms with E-state index in [4.69, 9.17) is 4.74 Å². The van der Waals surface area contributed by atoms with Crippen molar-refractivity contribution in [2.24, 2.45) is 5.92 Å². The summed E-state index contributed by atoms with van der Waals surface area (Å²) in [5.41, 5.74) is 2.44. The van der Waals surface area contributed by atoms with E-state index in [0.717, 1.165) is 16.9 Å². The summed E-state index contributed by atoms with van der Waals surface area (Å²) < 4.78 is 5.12. The Kier molecular flexibility index (Phi) is 6.03. The maximum atomic E-state index is 12.2. The molecule has 0 aromatic heterocycles. The maximum absolute atomic E-state index is 12.2. The zero-order valence-corrected chi connectivity index (χ0v) is 14.6. The summed E-state index contributed by atoms with van der Waals surface area (Å²) in [6, 6.07) is 15.1. The molecule has 24 heavy (non-hydrogen) atoms. The minimum absolute atomic E-state index is 0.0501. The van der Waals surface area contributed by atoms with Crippen LogP contribution >= 0.6 is 0 Å². The molecule has 2 aromatic rings. The van der Waals surface area contributed by atoms with Gasteiger partial charge in [-0.1, -0.05) is 25.7 Å². The first-order valence-electron chi connectivity index (χ1n) is 8.06. The van der Waals surface area contributed by atoms with Gasteiger partial charge in [0.15, 0.2) is 0 Å². The van der Waals surface area contributed by atoms with Gasteiger partial charge in [-0.15, -0.1) is 0 Å². The lowest BCUT2D eigenvalue weighted by Crippen LogP contribution is -2.36. The highest BCUT2D eigenvalue weighted by Gasteiger charge is 2.12. The van der Waals surface area contributed by atoms with Crippen molar-refractivity contribution in [2.75, 3.05) is 7.11 Å². The third kappa shape index (κ3) is 4.89. The Bertz CT molecular complexity index is 734. The first kappa shape index (κ1) is 17.6. The molecular weight excluding hydrogens is 298 g/mol. The number of amides is 1. The third-order valence-electron chi connectivity index (χ3n) is 3.95. The Balaban J connectivity index is 2.04. The molecule has 0 radical (unpaired) electrons. The van der Waals surface area contributed by atoms with Crippen LogP contribution in [-0.4, -0.2) is 19.1 Å². The third-order valence-corrected chi connectivity index (χ3v) is 3.95. The fourth-order valence-electron chi connectivity index (χ4n) is 1.98. The molecule has 0 saturated heterocycles. The molecule has 2 rings (SSSR count). The van der Waals surface area contributed by atoms with Crippen LogP contribution in [0.5, 0.6) is 5.75 Å². The Morgan fingerprint density at radius 3 is 1.88 bits per heavy atom. The number of carbonyl (C=O) groups excluding carboxylic acids is 1. The van der Waals surface area contributed by atoms with E-state index in [1.165, 1.54) is 0 Å². The zero-order chi connectivity index (χ0) is 17.5. The van der Waals surface area contributed by atoms with Crippen LogP contribution in [0, 0.1) is 17.8 Å². The van der Waals surface area contributed by atoms with Crippen LogP contribution in [0.2, 0.25) is 0 Å². The lowest BCUT2D eigenvalue weighted by atomic mass is 10.1. The molecule has 124 valence electrons. The molecule has 0 bridgehead atoms. The normalized spacial score (nSPS) is 11.4. The van der Waals surface area contributed by atoms with Crippen LogP contribution < -0.4 is 10.1 Å². The van der Waals surface area contributed by atoms with E-state index in [1.54, 1.807) is 19.2 Å². The number of ether oxygens (including phenoxy) is 1. The minimum atomic E-state index is -0.0501. The standard InChI is InChI=1S/C21H23NO2/c1-15(2)16(3)22-21(23)19-11-7-17(8-12-19)5-6-18-9-13-20(24-4)14-10-18/h7-16H,1-4H3,(H,22,23)/t16-/m1/s1. The van der Waals surface area contributed by atoms with Gasteiger partial charge in [0, 0.05) is 22.7 Å². The highest BCUT2D eigenvalue weighted by Crippen LogP contribution is 2.11. The molecule has 0 aliphatic carbocycles. The molecule has 1 amide bonds. The largest absolute Gasteiger partial charge is 0.497 e. The van der Waals surface area contributed by atoms with Crippen molar-refractivity contribution >= 4 is 5.91 Å². The van der Waals surface area contributed by atoms with E-state index >= 15 is 0 Å². The average Bonchev–Trinajstić information content (AvgIpc) is 2.60. The van der Waals surface area contributed by atoms with Gasteiger partial charge in [-0.2, -0.15) is 0 Å². The lowest BCUT2D eigenvalue weighted by Gasteiger charge is -2.17. The van der Waals surface area contributed by atoms with Crippen molar-refractivity contribution in [3.05, 3.63) is 65.2 Å². The highest BCUT2D eigenvalue weighted by atomic mass is 16.5. The summed E-state index contributed by atoms with van der Waals surface area (Å²) in [5.74, 6) is 7.37. The van der Waals surface area contributed by atoms with Crippen molar-refractivity contribution < 1.29 is 9.53 Å². The first-order valence-corrected chi connectivity index (χ1v) is 8.06. The van der Waals surface area contributed by atoms with E-state index in [0.29, 0.717) is 11.5 Å². The van der Waals surface area contributed by atoms with Crippen molar-refractivity contribution in [1.29, 1.82) is 0 Å². The van der Waals surface area contributed by atoms with Gasteiger partial charge >= 0.3 is 0 Å². The van der Waals surface area contributed by atoms with Gasteiger partial charge in [0.1, 0.15) is 5.75 Å². The smallest absolute Gasteiger partial charge is 0.251 e. The van der Waals surface area contributed by atoms with Crippen LogP contribution in [0.1, 0.15) is 42.3 Å². The topological polar surface area (TPSA) is 38.3 Å². The van der Waals surface area contributed by atoms with Crippen molar-refractivity contribution in [2.45, 2.75) is 26.8 Å². The van der Waals surface area contributed by atoms with Gasteiger partial charge in [0.05, 0.1) is 7.11 Å². The monoisotopic (exact) mass is 321 g/mol. The fourth-order valence-corrected chi connectivity index (χ4v) is 1.98. The van der Waals surface area contributed by atoms with E-state index in [2.05, 4.69) is 31.0 Å². The Morgan fingerprint density at radius 2 is 1.42 bits per heavy atom. The van der Waals surface area contributed by atoms with Gasteiger partial charge in [0.25, 0.3) is 5.91 Å². The molecule has 0 unspecified atom stereocenters. The molecule has 0 spiro atoms. The first-order chi connectivity index (χ1) is 11.5. The summed E-state index contributed by atoms with van der Waals surface area (Å²) in [6.45, 7) is 6.18. The Morgan fingerprint density at radius 1 is 0.917 bits per heavy atom. The summed E-state index contributed by atoms with van der Waals surface area (Å²) in [6.07, 6.45) is 0. The summed E-state index contributed by atoms with van der Waals surface area (Å²) in [4.78, 5) is 12.2. The highest BCUT2D eigenvalue weighted by molar-refractivity contribution is 5.94. The van der Waals surface area contributed by atoms with Gasteiger partial charge in [-0.3, -0.25) is 4.79 Å². The molecule has 0 aliphatic heterocycles. The molecule has 0 aliphatic rings. The van der Waals surface area contributed by atoms with Crippen LogP contribution in [0.4, 0.5) is 0 Å². The van der Waals surface area contributed by atoms with E-state index < -0.39 is 0 Å². The molecule has 0 saturated carbocycles. The Labute approximate surface area is 144 Å². The fraction of sp³-hybridized carbons (Fsp3) is 0.286. The van der Waals surface area contributed by atoms with Gasteiger partial charge < -0.3 is 10.1 Å². The van der Waals surface area contributed by atoms with Crippen LogP contribution in [0.15, 0.2) is 48.5 Å². The minimum Gasteiger partial charge on any atom is -0.497 e. The predicted molar refractivity (Wildman–Crippen MR) is 97.2 cm³/mol. The van der Waals surface area contributed by atoms with Gasteiger partial charge in [-0.25, -0.2) is 0 Å². The van der Waals surface area contributed by atoms with Crippen molar-refractivity contribution in [3.8, 4) is 17.6 Å². The lowest BCUT2D eigenvalue weighted by molar-refractivity contribution is 0.0930. The molecule has 2 aromatic carbocycles. The SMILES string of the molecule is COc1ccc(C#Cc2ccc(C(=O)N[C@H](C)C(C)C)cc2)cc1. The average molecular weight is 321 g/mol. The second kappa shape index (κ2) is 8.21. The Hall–Kier alpha value is -2.73. The number of hydrogen-bond donors (Lipinski definition) is 1. The molecule has 3 heteroatoms. The molecule has 0 heterocycles. The number of benzene rings is 2. The molecule has 1 N–H and O–H groups in total. The molecule has 0 fully saturated rings. The second-order valence-corrected chi connectivity index (χ2v) is 6.06. The van der Waals surface area contributed by atoms with Crippen LogP contribution in [0.25, 0.3) is 0 Å². The van der Waals surface area contributed by atoms with Gasteiger partial charge in [-0.05, 0) is 61.4 Å². The molecule has 3 nitrogen and oxygen atoms in total. The second-order valence-electron chi connectivity index (χ2n) is 6.06. The number of carbonyl (C=O) groups is 1. The zero-order valence-electron chi connectivity index (χ0n) is 14.6. The predicted octanol–water partition coefficient (Wildman–Crippen LogP) is 3.87. The molecular formula is C21H23NO2. The number of methoxy groups -OCH3 is 1. The number of rotatable bonds is 4. The van der Waals surface area contributed by atoms with Crippen LogP contribution in [0.3, 0.4) is 0 Å². The maximum Gasteiger partial charge on any atom is 0.251 e. The summed E-state index contributed by atoms with van der Waals surface area (Å²) >= 11 is 0. The molecule has 1 atom stereocenters. The quantitative estimate of drug-likeness (QED) is 0.868. The van der Waals surface area contributed by atoms with E-state index in [-0.39, 0.29) is 11.9 Å². The van der Waals surface area contributed by atoms with E-state index in [9.17, 15) is 4.79 Å². The number of nitrogens with one attached hydrogen (secondary N) is 1. The number of hydrogen-bond acceptors (Lipinski definition) is 2. The van der Waals surface area contributed by atoms with Crippen LogP contribution in [-0.2, 0) is 0 Å². The van der Waals surface area contributed by atoms with E-state index in [1.807, 2.05) is 43.3 Å².